The molecule has 0 bridgehead atoms. The SMILES string of the molecule is CC(C)(C)[S@](=O)N[C@@H](c1sc2ncnn2c1-c1ccc(Br)cc1)C(F)(F)F. The Hall–Kier alpha value is -1.30. The monoisotopic (exact) mass is 480 g/mol. The Morgan fingerprint density at radius 2 is 1.85 bits per heavy atom. The second-order valence-corrected chi connectivity index (χ2v) is 10.7. The smallest absolute Gasteiger partial charge is 0.242 e. The van der Waals surface area contributed by atoms with Crippen molar-refractivity contribution < 1.29 is 17.4 Å². The van der Waals surface area contributed by atoms with Crippen molar-refractivity contribution in [2.75, 3.05) is 0 Å². The predicted octanol–water partition coefficient (Wildman–Crippen LogP) is 4.88. The number of nitrogens with zero attached hydrogens (tertiary/aromatic N) is 3. The molecule has 27 heavy (non-hydrogen) atoms. The van der Waals surface area contributed by atoms with Crippen LogP contribution >= 0.6 is 27.3 Å². The average Bonchev–Trinajstić information content (AvgIpc) is 3.12. The van der Waals surface area contributed by atoms with Gasteiger partial charge in [0.25, 0.3) is 0 Å². The van der Waals surface area contributed by atoms with Crippen LogP contribution in [0.3, 0.4) is 0 Å². The van der Waals surface area contributed by atoms with Gasteiger partial charge in [0, 0.05) is 10.0 Å². The number of rotatable bonds is 4. The van der Waals surface area contributed by atoms with E-state index in [0.717, 1.165) is 15.8 Å². The van der Waals surface area contributed by atoms with Gasteiger partial charge in [0.15, 0.2) is 6.04 Å². The molecule has 146 valence electrons. The van der Waals surface area contributed by atoms with Crippen LogP contribution in [-0.4, -0.2) is 29.7 Å². The van der Waals surface area contributed by atoms with Crippen molar-refractivity contribution >= 4 is 43.2 Å². The average molecular weight is 481 g/mol. The summed E-state index contributed by atoms with van der Waals surface area (Å²) in [4.78, 5) is 4.33. The molecule has 5 nitrogen and oxygen atoms in total. The van der Waals surface area contributed by atoms with Gasteiger partial charge in [-0.05, 0) is 32.9 Å². The summed E-state index contributed by atoms with van der Waals surface area (Å²) < 4.78 is 57.7. The van der Waals surface area contributed by atoms with Gasteiger partial charge in [-0.2, -0.15) is 18.3 Å². The summed E-state index contributed by atoms with van der Waals surface area (Å²) in [5, 5.41) is 4.06. The molecule has 0 saturated heterocycles. The van der Waals surface area contributed by atoms with E-state index in [2.05, 4.69) is 30.7 Å². The fraction of sp³-hybridized carbons (Fsp3) is 0.375. The van der Waals surface area contributed by atoms with Gasteiger partial charge in [0.1, 0.15) is 6.33 Å². The Labute approximate surface area is 168 Å². The van der Waals surface area contributed by atoms with E-state index in [1.165, 1.54) is 10.8 Å². The van der Waals surface area contributed by atoms with Crippen molar-refractivity contribution in [1.82, 2.24) is 19.3 Å². The molecule has 3 rings (SSSR count). The van der Waals surface area contributed by atoms with Crippen LogP contribution in [0.4, 0.5) is 13.2 Å². The molecule has 0 aliphatic carbocycles. The fourth-order valence-corrected chi connectivity index (χ4v) is 4.62. The van der Waals surface area contributed by atoms with Gasteiger partial charge < -0.3 is 0 Å². The molecule has 0 amide bonds. The summed E-state index contributed by atoms with van der Waals surface area (Å²) in [6.45, 7) is 4.84. The maximum Gasteiger partial charge on any atom is 0.409 e. The number of nitrogens with one attached hydrogen (secondary N) is 1. The van der Waals surface area contributed by atoms with Crippen molar-refractivity contribution in [2.45, 2.75) is 37.7 Å². The van der Waals surface area contributed by atoms with Gasteiger partial charge in [0.2, 0.25) is 4.96 Å². The second-order valence-electron chi connectivity index (χ2n) is 6.75. The number of thiazole rings is 1. The van der Waals surface area contributed by atoms with Crippen molar-refractivity contribution in [2.24, 2.45) is 0 Å². The largest absolute Gasteiger partial charge is 0.409 e. The second kappa shape index (κ2) is 7.26. The summed E-state index contributed by atoms with van der Waals surface area (Å²) in [6.07, 6.45) is -3.35. The molecule has 0 fully saturated rings. The Morgan fingerprint density at radius 3 is 2.41 bits per heavy atom. The summed E-state index contributed by atoms with van der Waals surface area (Å²) in [5.74, 6) is 0. The number of fused-ring (bicyclic) bond motifs is 1. The molecule has 0 radical (unpaired) electrons. The van der Waals surface area contributed by atoms with E-state index >= 15 is 0 Å². The van der Waals surface area contributed by atoms with E-state index in [-0.39, 0.29) is 10.6 Å². The third-order valence-corrected chi connectivity index (χ3v) is 6.85. The van der Waals surface area contributed by atoms with Gasteiger partial charge in [-0.25, -0.2) is 18.4 Å². The summed E-state index contributed by atoms with van der Waals surface area (Å²) in [7, 11) is -1.91. The highest BCUT2D eigenvalue weighted by Gasteiger charge is 2.46. The van der Waals surface area contributed by atoms with Crippen LogP contribution in [0.1, 0.15) is 31.7 Å². The Kier molecular flexibility index (Phi) is 5.50. The first-order valence-corrected chi connectivity index (χ1v) is 10.6. The van der Waals surface area contributed by atoms with Crippen molar-refractivity contribution in [3.8, 4) is 11.3 Å². The van der Waals surface area contributed by atoms with Crippen LogP contribution < -0.4 is 4.72 Å². The van der Waals surface area contributed by atoms with Crippen LogP contribution in [0.5, 0.6) is 0 Å². The maximum atomic E-state index is 13.9. The predicted molar refractivity (Wildman–Crippen MR) is 104 cm³/mol. The number of hydrogen-bond donors (Lipinski definition) is 1. The van der Waals surface area contributed by atoms with Crippen LogP contribution in [0.25, 0.3) is 16.2 Å². The molecule has 0 unspecified atom stereocenters. The molecule has 1 N–H and O–H groups in total. The molecule has 3 aromatic rings. The lowest BCUT2D eigenvalue weighted by molar-refractivity contribution is -0.152. The summed E-state index contributed by atoms with van der Waals surface area (Å²) in [6, 6.07) is 4.77. The minimum absolute atomic E-state index is 0.0296. The standard InChI is InChI=1S/C16H16BrF3N4OS2/c1-15(2,3)27(25)23-13(16(18,19)20)12-11(9-4-6-10(17)7-5-9)24-14(26-12)21-8-22-24/h4-8,13,23H,1-3H3/t13-,27-/m0/s1. The zero-order valence-corrected chi connectivity index (χ0v) is 17.8. The highest BCUT2D eigenvalue weighted by molar-refractivity contribution is 9.10. The van der Waals surface area contributed by atoms with E-state index in [0.29, 0.717) is 10.5 Å². The number of aromatic nitrogens is 3. The minimum Gasteiger partial charge on any atom is -0.242 e. The van der Waals surface area contributed by atoms with Gasteiger partial charge in [-0.3, -0.25) is 0 Å². The summed E-state index contributed by atoms with van der Waals surface area (Å²) in [5.41, 5.74) is 0.836. The normalized spacial score (nSPS) is 15.2. The zero-order chi connectivity index (χ0) is 20.0. The summed E-state index contributed by atoms with van der Waals surface area (Å²) >= 11 is 4.20. The first-order chi connectivity index (χ1) is 12.5. The molecule has 2 aromatic heterocycles. The molecule has 0 saturated carbocycles. The third kappa shape index (κ3) is 4.25. The fourth-order valence-electron chi connectivity index (χ4n) is 2.33. The van der Waals surface area contributed by atoms with Gasteiger partial charge in [0.05, 0.1) is 26.3 Å². The Morgan fingerprint density at radius 1 is 1.22 bits per heavy atom. The van der Waals surface area contributed by atoms with Crippen LogP contribution in [0.2, 0.25) is 0 Å². The van der Waals surface area contributed by atoms with E-state index in [4.69, 9.17) is 0 Å². The van der Waals surface area contributed by atoms with Crippen molar-refractivity contribution in [3.63, 3.8) is 0 Å². The third-order valence-electron chi connectivity index (χ3n) is 3.65. The molecule has 0 spiro atoms. The van der Waals surface area contributed by atoms with E-state index in [9.17, 15) is 17.4 Å². The molecular formula is C16H16BrF3N4OS2. The highest BCUT2D eigenvalue weighted by Crippen LogP contribution is 2.42. The molecule has 0 aliphatic heterocycles. The molecular weight excluding hydrogens is 465 g/mol. The number of halogens is 4. The number of hydrogen-bond acceptors (Lipinski definition) is 4. The molecule has 11 heteroatoms. The molecule has 0 aliphatic rings. The topological polar surface area (TPSA) is 59.3 Å². The Bertz CT molecular complexity index is 976. The van der Waals surface area contributed by atoms with Crippen molar-refractivity contribution in [1.29, 1.82) is 0 Å². The zero-order valence-electron chi connectivity index (χ0n) is 14.5. The van der Waals surface area contributed by atoms with E-state index in [1.54, 1.807) is 45.0 Å². The van der Waals surface area contributed by atoms with Crippen molar-refractivity contribution in [3.05, 3.63) is 39.9 Å². The lowest BCUT2D eigenvalue weighted by Gasteiger charge is -2.25. The first-order valence-electron chi connectivity index (χ1n) is 7.81. The number of benzene rings is 1. The Balaban J connectivity index is 2.18. The van der Waals surface area contributed by atoms with E-state index < -0.39 is 28.0 Å². The van der Waals surface area contributed by atoms with Crippen LogP contribution in [0, 0.1) is 0 Å². The minimum atomic E-state index is -4.64. The molecule has 1 aromatic carbocycles. The number of alkyl halides is 3. The quantitative estimate of drug-likeness (QED) is 0.578. The van der Waals surface area contributed by atoms with Gasteiger partial charge >= 0.3 is 6.18 Å². The van der Waals surface area contributed by atoms with E-state index in [1.807, 2.05) is 0 Å². The highest BCUT2D eigenvalue weighted by atomic mass is 79.9. The molecule has 2 heterocycles. The first kappa shape index (κ1) is 20.4. The van der Waals surface area contributed by atoms with Crippen LogP contribution in [-0.2, 0) is 11.0 Å². The van der Waals surface area contributed by atoms with Gasteiger partial charge in [-0.1, -0.05) is 39.4 Å². The lowest BCUT2D eigenvalue weighted by Crippen LogP contribution is -2.41. The molecule has 2 atom stereocenters. The lowest BCUT2D eigenvalue weighted by atomic mass is 10.1. The maximum absolute atomic E-state index is 13.9. The van der Waals surface area contributed by atoms with Crippen LogP contribution in [0.15, 0.2) is 35.1 Å². The van der Waals surface area contributed by atoms with Gasteiger partial charge in [-0.15, -0.1) is 0 Å².